The van der Waals surface area contributed by atoms with Crippen molar-refractivity contribution in [3.8, 4) is 34.2 Å². The maximum atomic E-state index is 15.8. The summed E-state index contributed by atoms with van der Waals surface area (Å²) >= 11 is 0. The van der Waals surface area contributed by atoms with Crippen LogP contribution in [0.1, 0.15) is 48.4 Å². The van der Waals surface area contributed by atoms with Crippen LogP contribution in [-0.2, 0) is 0 Å². The Hall–Kier alpha value is -5.21. The van der Waals surface area contributed by atoms with Gasteiger partial charge in [-0.2, -0.15) is 0 Å². The Morgan fingerprint density at radius 2 is 1.84 bits per heavy atom. The molecule has 226 valence electrons. The van der Waals surface area contributed by atoms with Gasteiger partial charge in [0, 0.05) is 47.9 Å². The fraction of sp³-hybridized carbons (Fsp3) is 0.235. The Balaban J connectivity index is 1.19. The van der Waals surface area contributed by atoms with Gasteiger partial charge >= 0.3 is 0 Å². The number of hydrogen-bond donors (Lipinski definition) is 2. The molecule has 8 nitrogen and oxygen atoms in total. The summed E-state index contributed by atoms with van der Waals surface area (Å²) in [6.45, 7) is 3.37. The summed E-state index contributed by atoms with van der Waals surface area (Å²) in [6, 6.07) is 10.3. The van der Waals surface area contributed by atoms with Gasteiger partial charge in [0.05, 0.1) is 12.6 Å². The Bertz CT molecular complexity index is 2040. The van der Waals surface area contributed by atoms with Crippen molar-refractivity contribution >= 4 is 23.1 Å². The highest BCUT2D eigenvalue weighted by molar-refractivity contribution is 6.04. The molecule has 2 fully saturated rings. The molecule has 1 amide bonds. The van der Waals surface area contributed by atoms with Crippen LogP contribution in [0.4, 0.5) is 24.8 Å². The molecule has 4 heterocycles. The van der Waals surface area contributed by atoms with Crippen molar-refractivity contribution in [3.63, 3.8) is 0 Å². The first-order valence-corrected chi connectivity index (χ1v) is 14.5. The number of pyridine rings is 1. The number of halogens is 3. The molecule has 1 saturated carbocycles. The molecule has 11 heteroatoms. The number of carbonyl (C=O) groups is 1. The van der Waals surface area contributed by atoms with E-state index < -0.39 is 23.4 Å². The van der Waals surface area contributed by atoms with Crippen LogP contribution in [0.3, 0.4) is 0 Å². The summed E-state index contributed by atoms with van der Waals surface area (Å²) in [5, 5.41) is 2.62. The molecule has 3 aromatic heterocycles. The molecular formula is C34H28F3N7O. The highest BCUT2D eigenvalue weighted by Gasteiger charge is 2.53. The second-order valence-electron chi connectivity index (χ2n) is 11.6. The average molecular weight is 608 g/mol. The van der Waals surface area contributed by atoms with Gasteiger partial charge < -0.3 is 11.1 Å². The van der Waals surface area contributed by atoms with Gasteiger partial charge in [-0.15, -0.1) is 5.92 Å². The molecule has 1 aliphatic carbocycles. The molecule has 45 heavy (non-hydrogen) atoms. The van der Waals surface area contributed by atoms with Crippen molar-refractivity contribution in [2.75, 3.05) is 24.1 Å². The highest BCUT2D eigenvalue weighted by atomic mass is 19.1. The van der Waals surface area contributed by atoms with E-state index in [-0.39, 0.29) is 39.8 Å². The van der Waals surface area contributed by atoms with Gasteiger partial charge in [-0.3, -0.25) is 14.1 Å². The number of nitrogens with zero attached hydrogens (tertiary/aromatic N) is 5. The largest absolute Gasteiger partial charge is 0.382 e. The van der Waals surface area contributed by atoms with Crippen LogP contribution in [0.2, 0.25) is 0 Å². The number of nitrogen functional groups attached to an aromatic ring is 1. The Morgan fingerprint density at radius 3 is 2.60 bits per heavy atom. The number of fused-ring (bicyclic) bond motifs is 1. The first-order chi connectivity index (χ1) is 21.7. The van der Waals surface area contributed by atoms with Gasteiger partial charge in [0.2, 0.25) is 0 Å². The van der Waals surface area contributed by atoms with Crippen LogP contribution in [0, 0.1) is 34.7 Å². The quantitative estimate of drug-likeness (QED) is 0.221. The summed E-state index contributed by atoms with van der Waals surface area (Å²) < 4.78 is 45.4. The summed E-state index contributed by atoms with van der Waals surface area (Å²) in [6.07, 6.45) is 8.05. The molecular weight excluding hydrogens is 579 g/mol. The summed E-state index contributed by atoms with van der Waals surface area (Å²) in [7, 11) is 0. The minimum Gasteiger partial charge on any atom is -0.382 e. The van der Waals surface area contributed by atoms with Gasteiger partial charge in [-0.05, 0) is 79.6 Å². The number of aromatic nitrogens is 4. The number of rotatable bonds is 6. The van der Waals surface area contributed by atoms with E-state index in [1.165, 1.54) is 49.4 Å². The van der Waals surface area contributed by atoms with Crippen molar-refractivity contribution < 1.29 is 18.0 Å². The van der Waals surface area contributed by atoms with E-state index >= 15 is 4.39 Å². The van der Waals surface area contributed by atoms with E-state index in [4.69, 9.17) is 10.7 Å². The molecule has 5 aromatic rings. The van der Waals surface area contributed by atoms with Crippen LogP contribution in [0.5, 0.6) is 0 Å². The molecule has 0 bridgehead atoms. The molecule has 7 rings (SSSR count). The number of imidazole rings is 1. The molecule has 0 unspecified atom stereocenters. The monoisotopic (exact) mass is 607 g/mol. The van der Waals surface area contributed by atoms with Crippen molar-refractivity contribution in [2.24, 2.45) is 5.41 Å². The lowest BCUT2D eigenvalue weighted by Gasteiger charge is -2.21. The van der Waals surface area contributed by atoms with Gasteiger partial charge in [0.15, 0.2) is 0 Å². The topological polar surface area (TPSA) is 101 Å². The van der Waals surface area contributed by atoms with Crippen molar-refractivity contribution in [3.05, 3.63) is 96.0 Å². The van der Waals surface area contributed by atoms with Gasteiger partial charge in [-0.1, -0.05) is 5.92 Å². The average Bonchev–Trinajstić information content (AvgIpc) is 3.52. The zero-order valence-electron chi connectivity index (χ0n) is 24.3. The Kier molecular flexibility index (Phi) is 7.01. The third-order valence-electron chi connectivity index (χ3n) is 8.66. The van der Waals surface area contributed by atoms with Gasteiger partial charge in [-0.25, -0.2) is 28.1 Å². The number of hydrogen-bond acceptors (Lipinski definition) is 6. The summed E-state index contributed by atoms with van der Waals surface area (Å²) in [5.41, 5.74) is 8.20. The molecule has 1 saturated heterocycles. The lowest BCUT2D eigenvalue weighted by atomic mass is 10.0. The van der Waals surface area contributed by atoms with Crippen LogP contribution >= 0.6 is 0 Å². The lowest BCUT2D eigenvalue weighted by Crippen LogP contribution is -2.26. The maximum absolute atomic E-state index is 15.8. The number of anilines is 2. The first kappa shape index (κ1) is 28.6. The fourth-order valence-electron chi connectivity index (χ4n) is 6.22. The Labute approximate surface area is 257 Å². The number of amides is 1. The van der Waals surface area contributed by atoms with E-state index in [9.17, 15) is 13.6 Å². The van der Waals surface area contributed by atoms with Crippen molar-refractivity contribution in [2.45, 2.75) is 32.2 Å². The van der Waals surface area contributed by atoms with Crippen molar-refractivity contribution in [1.82, 2.24) is 24.3 Å². The lowest BCUT2D eigenvalue weighted by molar-refractivity contribution is 0.102. The molecule has 2 aliphatic rings. The zero-order chi connectivity index (χ0) is 31.3. The maximum Gasteiger partial charge on any atom is 0.256 e. The molecule has 1 aliphatic heterocycles. The fourth-order valence-corrected chi connectivity index (χ4v) is 6.22. The second-order valence-corrected chi connectivity index (χ2v) is 11.6. The number of nitrogens with two attached hydrogens (primary N) is 1. The highest BCUT2D eigenvalue weighted by Crippen LogP contribution is 2.58. The smallest absolute Gasteiger partial charge is 0.256 e. The number of nitrogens with one attached hydrogen (secondary N) is 1. The molecule has 1 spiro atoms. The van der Waals surface area contributed by atoms with E-state index in [0.29, 0.717) is 23.3 Å². The number of likely N-dealkylation sites (tertiary alicyclic amines) is 1. The van der Waals surface area contributed by atoms with Crippen LogP contribution in [0.25, 0.3) is 27.9 Å². The second kappa shape index (κ2) is 11.1. The number of carbonyl (C=O) groups excluding carboxylic acids is 1. The van der Waals surface area contributed by atoms with Crippen molar-refractivity contribution in [1.29, 1.82) is 0 Å². The summed E-state index contributed by atoms with van der Waals surface area (Å²) in [4.78, 5) is 28.8. The predicted molar refractivity (Wildman–Crippen MR) is 164 cm³/mol. The van der Waals surface area contributed by atoms with Gasteiger partial charge in [0.25, 0.3) is 5.91 Å². The van der Waals surface area contributed by atoms with Crippen LogP contribution in [0.15, 0.2) is 67.1 Å². The summed E-state index contributed by atoms with van der Waals surface area (Å²) in [5.74, 6) is 4.53. The third kappa shape index (κ3) is 5.27. The number of benzene rings is 2. The van der Waals surface area contributed by atoms with E-state index in [1.807, 2.05) is 11.3 Å². The zero-order valence-corrected chi connectivity index (χ0v) is 24.3. The minimum absolute atomic E-state index is 0.0174. The van der Waals surface area contributed by atoms with E-state index in [1.54, 1.807) is 12.4 Å². The van der Waals surface area contributed by atoms with E-state index in [0.717, 1.165) is 37.0 Å². The molecule has 1 atom stereocenters. The predicted octanol–water partition coefficient (Wildman–Crippen LogP) is 6.26. The van der Waals surface area contributed by atoms with Gasteiger partial charge in [0.1, 0.15) is 46.1 Å². The normalized spacial score (nSPS) is 16.9. The molecule has 0 radical (unpaired) electrons. The van der Waals surface area contributed by atoms with E-state index in [2.05, 4.69) is 32.0 Å². The van der Waals surface area contributed by atoms with Crippen LogP contribution < -0.4 is 11.1 Å². The first-order valence-electron chi connectivity index (χ1n) is 14.5. The molecule has 3 N–H and O–H groups in total. The Morgan fingerprint density at radius 1 is 1.04 bits per heavy atom. The molecule has 2 aromatic carbocycles. The SMILES string of the molecule is CC#CCN1CC2(CC2)C[C@H]1c1nc(-c2ccc(C(=O)Nc3cc(-c4ccc(F)cc4F)ccn3)cc2F)c2c(N)nccn12. The van der Waals surface area contributed by atoms with Crippen LogP contribution in [-0.4, -0.2) is 43.2 Å². The standard InChI is InChI=1S/C34H28F3N7O/c1-2-3-13-43-19-34(9-10-34)18-27(43)32-42-29(30-31(38)40-12-14-44(30)32)24-6-4-21(15-25(24)36)33(45)41-28-16-20(8-11-39-28)23-7-5-22(35)17-26(23)37/h4-8,11-12,14-17,27H,9-10,13,18-19H2,1H3,(H2,38,40)(H,39,41,45)/t27-/m0/s1. The minimum atomic E-state index is -0.746. The third-order valence-corrected chi connectivity index (χ3v) is 8.66.